The fraction of sp³-hybridized carbons (Fsp3) is 0.0588. The van der Waals surface area contributed by atoms with Crippen LogP contribution < -0.4 is 5.43 Å². The van der Waals surface area contributed by atoms with Gasteiger partial charge in [-0.3, -0.25) is 5.43 Å². The lowest BCUT2D eigenvalue weighted by atomic mass is 10.1. The molecule has 0 aliphatic carbocycles. The molecule has 1 heterocycles. The monoisotopic (exact) mass is 413 g/mol. The maximum absolute atomic E-state index is 6.26. The molecule has 0 fully saturated rings. The molecule has 0 atom stereocenters. The van der Waals surface area contributed by atoms with Gasteiger partial charge in [0, 0.05) is 5.56 Å². The topological polar surface area (TPSA) is 50.4 Å². The Morgan fingerprint density at radius 1 is 0.960 bits per heavy atom. The summed E-state index contributed by atoms with van der Waals surface area (Å²) in [4.78, 5) is 0. The summed E-state index contributed by atoms with van der Waals surface area (Å²) >= 11 is 24.7. The molecule has 0 radical (unpaired) electrons. The van der Waals surface area contributed by atoms with Gasteiger partial charge in [-0.25, -0.2) is 0 Å². The van der Waals surface area contributed by atoms with Crippen LogP contribution in [0.2, 0.25) is 20.1 Å². The summed E-state index contributed by atoms with van der Waals surface area (Å²) in [6.07, 6.45) is 1.56. The van der Waals surface area contributed by atoms with Gasteiger partial charge in [-0.05, 0) is 31.2 Å². The number of hydrogen-bond acceptors (Lipinski definition) is 4. The average Bonchev–Trinajstić information content (AvgIpc) is 2.91. The lowest BCUT2D eigenvalue weighted by molar-refractivity contribution is 0.399. The Morgan fingerprint density at radius 3 is 2.12 bits per heavy atom. The number of rotatable bonds is 4. The maximum Gasteiger partial charge on any atom is 0.143 e. The van der Waals surface area contributed by atoms with Gasteiger partial charge in [0.05, 0.1) is 37.6 Å². The number of aromatic nitrogens is 1. The number of nitrogens with one attached hydrogen (secondary N) is 1. The molecule has 3 aromatic rings. The molecule has 8 heteroatoms. The second kappa shape index (κ2) is 7.67. The molecule has 128 valence electrons. The summed E-state index contributed by atoms with van der Waals surface area (Å²) in [5.41, 5.74) is 5.06. The van der Waals surface area contributed by atoms with Crippen LogP contribution in [0.3, 0.4) is 0 Å². The Bertz CT molecular complexity index is 913. The van der Waals surface area contributed by atoms with E-state index in [-0.39, 0.29) is 0 Å². The van der Waals surface area contributed by atoms with E-state index in [2.05, 4.69) is 15.7 Å². The molecule has 1 N–H and O–H groups in total. The molecule has 0 spiro atoms. The van der Waals surface area contributed by atoms with Crippen LogP contribution in [0.1, 0.15) is 11.3 Å². The molecule has 0 amide bonds. The molecule has 25 heavy (non-hydrogen) atoms. The van der Waals surface area contributed by atoms with E-state index < -0.39 is 0 Å². The number of hydrogen-bond donors (Lipinski definition) is 1. The van der Waals surface area contributed by atoms with Crippen molar-refractivity contribution < 1.29 is 4.52 Å². The van der Waals surface area contributed by atoms with Gasteiger partial charge in [0.2, 0.25) is 0 Å². The van der Waals surface area contributed by atoms with Gasteiger partial charge >= 0.3 is 0 Å². The fourth-order valence-electron chi connectivity index (χ4n) is 2.20. The van der Waals surface area contributed by atoms with E-state index in [1.807, 2.05) is 0 Å². The van der Waals surface area contributed by atoms with Crippen molar-refractivity contribution in [3.05, 3.63) is 67.8 Å². The highest BCUT2D eigenvalue weighted by Crippen LogP contribution is 2.36. The van der Waals surface area contributed by atoms with E-state index in [0.29, 0.717) is 48.4 Å². The third-order valence-electron chi connectivity index (χ3n) is 3.44. The molecule has 3 rings (SSSR count). The lowest BCUT2D eigenvalue weighted by Crippen LogP contribution is -1.95. The van der Waals surface area contributed by atoms with Crippen molar-refractivity contribution >= 4 is 58.3 Å². The van der Waals surface area contributed by atoms with E-state index in [1.54, 1.807) is 49.5 Å². The highest BCUT2D eigenvalue weighted by molar-refractivity contribution is 6.39. The summed E-state index contributed by atoms with van der Waals surface area (Å²) in [6, 6.07) is 10.4. The van der Waals surface area contributed by atoms with Gasteiger partial charge in [-0.1, -0.05) is 63.7 Å². The summed E-state index contributed by atoms with van der Waals surface area (Å²) in [5.74, 6) is 0.571. The van der Waals surface area contributed by atoms with Crippen LogP contribution in [0.4, 0.5) is 5.69 Å². The summed E-state index contributed by atoms with van der Waals surface area (Å²) < 4.78 is 5.27. The van der Waals surface area contributed by atoms with E-state index in [4.69, 9.17) is 50.9 Å². The summed E-state index contributed by atoms with van der Waals surface area (Å²) in [5, 5.41) is 10.1. The van der Waals surface area contributed by atoms with Crippen molar-refractivity contribution in [1.82, 2.24) is 5.16 Å². The number of para-hydroxylation sites is 1. The molecule has 0 aliphatic heterocycles. The van der Waals surface area contributed by atoms with Crippen molar-refractivity contribution in [3.8, 4) is 11.3 Å². The number of benzene rings is 2. The highest BCUT2D eigenvalue weighted by atomic mass is 35.5. The number of nitrogens with zero attached hydrogens (tertiary/aromatic N) is 2. The van der Waals surface area contributed by atoms with Crippen LogP contribution in [0.15, 0.2) is 46.0 Å². The first-order chi connectivity index (χ1) is 12.0. The van der Waals surface area contributed by atoms with Gasteiger partial charge in [0.15, 0.2) is 0 Å². The minimum Gasteiger partial charge on any atom is -0.360 e. The Hall–Kier alpha value is -1.72. The zero-order chi connectivity index (χ0) is 18.0. The smallest absolute Gasteiger partial charge is 0.143 e. The van der Waals surface area contributed by atoms with Crippen molar-refractivity contribution in [2.24, 2.45) is 5.10 Å². The Balaban J connectivity index is 1.96. The second-order valence-electron chi connectivity index (χ2n) is 5.06. The molecular weight excluding hydrogens is 404 g/mol. The summed E-state index contributed by atoms with van der Waals surface area (Å²) in [6.45, 7) is 1.77. The zero-order valence-corrected chi connectivity index (χ0v) is 15.9. The normalized spacial score (nSPS) is 11.2. The van der Waals surface area contributed by atoms with Crippen LogP contribution in [-0.4, -0.2) is 11.4 Å². The summed E-state index contributed by atoms with van der Waals surface area (Å²) in [7, 11) is 0. The fourth-order valence-corrected chi connectivity index (χ4v) is 3.26. The molecular formula is C17H11Cl4N3O. The van der Waals surface area contributed by atoms with Crippen LogP contribution in [0.5, 0.6) is 0 Å². The van der Waals surface area contributed by atoms with Gasteiger partial charge in [-0.15, -0.1) is 0 Å². The van der Waals surface area contributed by atoms with E-state index in [1.165, 1.54) is 0 Å². The minimum absolute atomic E-state index is 0.459. The van der Waals surface area contributed by atoms with Crippen molar-refractivity contribution in [1.29, 1.82) is 0 Å². The van der Waals surface area contributed by atoms with Crippen LogP contribution in [-0.2, 0) is 0 Å². The van der Waals surface area contributed by atoms with Gasteiger partial charge in [0.1, 0.15) is 11.5 Å². The molecule has 1 aromatic heterocycles. The first kappa shape index (κ1) is 18.1. The lowest BCUT2D eigenvalue weighted by Gasteiger charge is -2.06. The predicted octanol–water partition coefficient (Wildman–Crippen LogP) is 6.71. The Morgan fingerprint density at radius 2 is 1.52 bits per heavy atom. The van der Waals surface area contributed by atoms with Crippen LogP contribution in [0.25, 0.3) is 11.3 Å². The van der Waals surface area contributed by atoms with Crippen molar-refractivity contribution in [3.63, 3.8) is 0 Å². The Kier molecular flexibility index (Phi) is 5.54. The third kappa shape index (κ3) is 3.77. The van der Waals surface area contributed by atoms with Gasteiger partial charge < -0.3 is 4.52 Å². The molecule has 4 nitrogen and oxygen atoms in total. The number of anilines is 1. The zero-order valence-electron chi connectivity index (χ0n) is 12.9. The van der Waals surface area contributed by atoms with E-state index in [0.717, 1.165) is 0 Å². The molecule has 0 saturated carbocycles. The number of halogens is 4. The average molecular weight is 415 g/mol. The van der Waals surface area contributed by atoms with Crippen molar-refractivity contribution in [2.45, 2.75) is 6.92 Å². The molecule has 0 bridgehead atoms. The number of aryl methyl sites for hydroxylation is 1. The molecule has 2 aromatic carbocycles. The molecule has 0 aliphatic rings. The van der Waals surface area contributed by atoms with E-state index in [9.17, 15) is 0 Å². The predicted molar refractivity (Wildman–Crippen MR) is 104 cm³/mol. The van der Waals surface area contributed by atoms with Crippen LogP contribution >= 0.6 is 46.4 Å². The largest absolute Gasteiger partial charge is 0.360 e. The van der Waals surface area contributed by atoms with Gasteiger partial charge in [0.25, 0.3) is 0 Å². The standard InChI is InChI=1S/C17H11Cl4N3O/c1-9-10(8-22-23-17-13(20)6-3-7-14(17)21)16(24-25-9)15-11(18)4-2-5-12(15)19/h2-8,23H,1H3. The second-order valence-corrected chi connectivity index (χ2v) is 6.69. The quantitative estimate of drug-likeness (QED) is 0.381. The highest BCUT2D eigenvalue weighted by Gasteiger charge is 2.18. The first-order valence-electron chi connectivity index (χ1n) is 7.12. The minimum atomic E-state index is 0.459. The first-order valence-corrected chi connectivity index (χ1v) is 8.64. The molecule has 0 saturated heterocycles. The van der Waals surface area contributed by atoms with Crippen LogP contribution in [0, 0.1) is 6.92 Å². The third-order valence-corrected chi connectivity index (χ3v) is 4.70. The SMILES string of the molecule is Cc1onc(-c2c(Cl)cccc2Cl)c1C=NNc1c(Cl)cccc1Cl. The Labute approximate surface area is 164 Å². The van der Waals surface area contributed by atoms with Gasteiger partial charge in [-0.2, -0.15) is 5.10 Å². The van der Waals surface area contributed by atoms with Crippen molar-refractivity contribution in [2.75, 3.05) is 5.43 Å². The molecule has 0 unspecified atom stereocenters. The number of hydrazone groups is 1. The maximum atomic E-state index is 6.26. The van der Waals surface area contributed by atoms with E-state index >= 15 is 0 Å².